The molecule has 0 amide bonds. The van der Waals surface area contributed by atoms with Crippen LogP contribution in [0.4, 0.5) is 0 Å². The molecule has 3 nitrogen and oxygen atoms in total. The molecule has 2 aliphatic rings. The van der Waals surface area contributed by atoms with Crippen LogP contribution < -0.4 is 5.32 Å². The number of morpholine rings is 1. The van der Waals surface area contributed by atoms with E-state index in [4.69, 9.17) is 4.74 Å². The molecular weight excluding hydrogens is 128 g/mol. The van der Waals surface area contributed by atoms with Crippen molar-refractivity contribution in [3.8, 4) is 0 Å². The van der Waals surface area contributed by atoms with Crippen molar-refractivity contribution in [2.24, 2.45) is 0 Å². The maximum atomic E-state index is 5.57. The molecular formula is C7H14N2O. The molecule has 0 unspecified atom stereocenters. The molecule has 0 spiro atoms. The molecule has 0 aromatic heterocycles. The minimum atomic E-state index is 0.457. The Balaban J connectivity index is 2.03. The molecule has 2 rings (SSSR count). The van der Waals surface area contributed by atoms with Gasteiger partial charge in [0.25, 0.3) is 0 Å². The topological polar surface area (TPSA) is 24.5 Å². The van der Waals surface area contributed by atoms with Gasteiger partial charge >= 0.3 is 0 Å². The minimum Gasteiger partial charge on any atom is -0.374 e. The van der Waals surface area contributed by atoms with E-state index in [1.165, 1.54) is 0 Å². The fourth-order valence-electron chi connectivity index (χ4n) is 1.76. The molecule has 0 aromatic carbocycles. The van der Waals surface area contributed by atoms with Gasteiger partial charge in [-0.05, 0) is 7.05 Å². The Bertz CT molecular complexity index is 129. The molecule has 0 aliphatic carbocycles. The highest BCUT2D eigenvalue weighted by molar-refractivity contribution is 4.90. The number of nitrogens with one attached hydrogen (secondary N) is 1. The summed E-state index contributed by atoms with van der Waals surface area (Å²) in [6.07, 6.45) is 0.457. The molecule has 0 saturated carbocycles. The van der Waals surface area contributed by atoms with Gasteiger partial charge in [0.2, 0.25) is 0 Å². The quantitative estimate of drug-likeness (QED) is 0.483. The Hall–Kier alpha value is -0.120. The molecule has 0 aromatic rings. The van der Waals surface area contributed by atoms with Crippen molar-refractivity contribution in [2.75, 3.05) is 33.3 Å². The lowest BCUT2D eigenvalue weighted by Gasteiger charge is -2.33. The summed E-state index contributed by atoms with van der Waals surface area (Å²) in [6.45, 7) is 4.12. The summed E-state index contributed by atoms with van der Waals surface area (Å²) < 4.78 is 5.57. The van der Waals surface area contributed by atoms with Crippen LogP contribution in [0.15, 0.2) is 0 Å². The van der Waals surface area contributed by atoms with Crippen LogP contribution in [0.1, 0.15) is 0 Å². The lowest BCUT2D eigenvalue weighted by Crippen LogP contribution is -2.48. The molecule has 2 fully saturated rings. The molecule has 2 heterocycles. The zero-order chi connectivity index (χ0) is 6.97. The first kappa shape index (κ1) is 6.58. The summed E-state index contributed by atoms with van der Waals surface area (Å²) >= 11 is 0. The van der Waals surface area contributed by atoms with E-state index in [1.807, 2.05) is 0 Å². The van der Waals surface area contributed by atoms with E-state index in [1.54, 1.807) is 0 Å². The smallest absolute Gasteiger partial charge is 0.0867 e. The van der Waals surface area contributed by atoms with E-state index in [0.29, 0.717) is 12.1 Å². The molecule has 2 aliphatic heterocycles. The maximum absolute atomic E-state index is 5.57. The number of hydrogen-bond acceptors (Lipinski definition) is 3. The summed E-state index contributed by atoms with van der Waals surface area (Å²) in [5.74, 6) is 0. The van der Waals surface area contributed by atoms with E-state index < -0.39 is 0 Å². The maximum Gasteiger partial charge on any atom is 0.0867 e. The Morgan fingerprint density at radius 3 is 3.20 bits per heavy atom. The number of hydrogen-bond donors (Lipinski definition) is 1. The zero-order valence-electron chi connectivity index (χ0n) is 6.34. The fourth-order valence-corrected chi connectivity index (χ4v) is 1.76. The lowest BCUT2D eigenvalue weighted by atomic mass is 10.1. The summed E-state index contributed by atoms with van der Waals surface area (Å²) in [6, 6.07) is 0.633. The van der Waals surface area contributed by atoms with Crippen molar-refractivity contribution in [1.82, 2.24) is 10.2 Å². The molecule has 58 valence electrons. The first-order chi connectivity index (χ1) is 4.88. The van der Waals surface area contributed by atoms with Gasteiger partial charge in [-0.15, -0.1) is 0 Å². The normalized spacial score (nSPS) is 41.7. The van der Waals surface area contributed by atoms with Crippen molar-refractivity contribution in [1.29, 1.82) is 0 Å². The van der Waals surface area contributed by atoms with E-state index in [2.05, 4.69) is 17.3 Å². The minimum absolute atomic E-state index is 0.457. The van der Waals surface area contributed by atoms with Crippen LogP contribution in [-0.4, -0.2) is 50.3 Å². The van der Waals surface area contributed by atoms with Gasteiger partial charge in [0, 0.05) is 25.7 Å². The molecule has 2 atom stereocenters. The van der Waals surface area contributed by atoms with Crippen LogP contribution in [-0.2, 0) is 4.74 Å². The van der Waals surface area contributed by atoms with E-state index in [9.17, 15) is 0 Å². The number of rotatable bonds is 0. The number of ether oxygens (including phenoxy) is 1. The first-order valence-corrected chi connectivity index (χ1v) is 3.90. The van der Waals surface area contributed by atoms with Crippen molar-refractivity contribution in [2.45, 2.75) is 12.1 Å². The van der Waals surface area contributed by atoms with Crippen molar-refractivity contribution < 1.29 is 4.74 Å². The largest absolute Gasteiger partial charge is 0.374 e. The van der Waals surface area contributed by atoms with Gasteiger partial charge in [-0.1, -0.05) is 0 Å². The monoisotopic (exact) mass is 142 g/mol. The van der Waals surface area contributed by atoms with Crippen LogP contribution in [0, 0.1) is 0 Å². The van der Waals surface area contributed by atoms with Crippen LogP contribution in [0.5, 0.6) is 0 Å². The van der Waals surface area contributed by atoms with Crippen molar-refractivity contribution in [3.63, 3.8) is 0 Å². The van der Waals surface area contributed by atoms with Crippen molar-refractivity contribution in [3.05, 3.63) is 0 Å². The van der Waals surface area contributed by atoms with Gasteiger partial charge in [-0.3, -0.25) is 4.90 Å². The van der Waals surface area contributed by atoms with Gasteiger partial charge in [0.15, 0.2) is 0 Å². The number of nitrogens with zero attached hydrogens (tertiary/aromatic N) is 1. The first-order valence-electron chi connectivity index (χ1n) is 3.90. The lowest BCUT2D eigenvalue weighted by molar-refractivity contribution is -0.0363. The Kier molecular flexibility index (Phi) is 1.64. The average molecular weight is 142 g/mol. The second-order valence-electron chi connectivity index (χ2n) is 3.12. The molecule has 0 radical (unpaired) electrons. The third kappa shape index (κ3) is 0.944. The van der Waals surface area contributed by atoms with Gasteiger partial charge in [-0.25, -0.2) is 0 Å². The van der Waals surface area contributed by atoms with Crippen LogP contribution in [0.3, 0.4) is 0 Å². The number of likely N-dealkylation sites (N-methyl/N-ethyl adjacent to an activating group) is 1. The highest BCUT2D eigenvalue weighted by Gasteiger charge is 2.33. The Morgan fingerprint density at radius 2 is 2.40 bits per heavy atom. The van der Waals surface area contributed by atoms with Gasteiger partial charge in [0.05, 0.1) is 12.7 Å². The highest BCUT2D eigenvalue weighted by atomic mass is 16.5. The third-order valence-electron chi connectivity index (χ3n) is 2.47. The predicted octanol–water partition coefficient (Wildman–Crippen LogP) is -0.711. The van der Waals surface area contributed by atoms with Crippen molar-refractivity contribution >= 4 is 0 Å². The average Bonchev–Trinajstić information content (AvgIpc) is 2.36. The van der Waals surface area contributed by atoms with E-state index in [-0.39, 0.29) is 0 Å². The van der Waals surface area contributed by atoms with Gasteiger partial charge < -0.3 is 10.1 Å². The fraction of sp³-hybridized carbons (Fsp3) is 1.00. The molecule has 3 heteroatoms. The van der Waals surface area contributed by atoms with E-state index >= 15 is 0 Å². The summed E-state index contributed by atoms with van der Waals surface area (Å²) in [5.41, 5.74) is 0. The summed E-state index contributed by atoms with van der Waals surface area (Å²) in [5, 5.41) is 3.33. The predicted molar refractivity (Wildman–Crippen MR) is 39.0 cm³/mol. The van der Waals surface area contributed by atoms with Gasteiger partial charge in [-0.2, -0.15) is 0 Å². The van der Waals surface area contributed by atoms with Crippen LogP contribution >= 0.6 is 0 Å². The molecule has 10 heavy (non-hydrogen) atoms. The molecule has 2 saturated heterocycles. The Morgan fingerprint density at radius 1 is 1.50 bits per heavy atom. The van der Waals surface area contributed by atoms with Crippen LogP contribution in [0.25, 0.3) is 0 Å². The van der Waals surface area contributed by atoms with E-state index in [0.717, 1.165) is 26.2 Å². The zero-order valence-corrected chi connectivity index (χ0v) is 6.34. The highest BCUT2D eigenvalue weighted by Crippen LogP contribution is 2.14. The van der Waals surface area contributed by atoms with Gasteiger partial charge in [0.1, 0.15) is 0 Å². The second kappa shape index (κ2) is 2.49. The Labute approximate surface area is 61.3 Å². The standard InChI is InChI=1S/C7H14N2O/c1-9-2-3-10-7-5-8-4-6(7)9/h6-8H,2-5H2,1H3/t6-,7+/m1/s1. The number of fused-ring (bicyclic) bond motifs is 1. The summed E-state index contributed by atoms with van der Waals surface area (Å²) in [7, 11) is 2.17. The third-order valence-corrected chi connectivity index (χ3v) is 2.47. The summed E-state index contributed by atoms with van der Waals surface area (Å²) in [4.78, 5) is 2.38. The molecule has 0 bridgehead atoms. The SMILES string of the molecule is CN1CCO[C@H]2CNC[C@H]21. The van der Waals surface area contributed by atoms with Crippen LogP contribution in [0.2, 0.25) is 0 Å². The second-order valence-corrected chi connectivity index (χ2v) is 3.12. The molecule has 1 N–H and O–H groups in total.